The summed E-state index contributed by atoms with van der Waals surface area (Å²) in [7, 11) is 3.97. The Labute approximate surface area is 190 Å². The third kappa shape index (κ3) is 4.34. The molecular formula is C24H24O9. The second kappa shape index (κ2) is 9.23. The molecule has 0 fully saturated rings. The van der Waals surface area contributed by atoms with Crippen LogP contribution >= 0.6 is 0 Å². The van der Waals surface area contributed by atoms with Crippen molar-refractivity contribution in [1.29, 1.82) is 0 Å². The Morgan fingerprint density at radius 3 is 2.24 bits per heavy atom. The van der Waals surface area contributed by atoms with E-state index in [0.717, 1.165) is 7.11 Å². The number of rotatable bonds is 8. The zero-order valence-electron chi connectivity index (χ0n) is 18.6. The quantitative estimate of drug-likeness (QED) is 0.576. The minimum atomic E-state index is -2.01. The number of carbonyl (C=O) groups excluding carboxylic acids is 3. The molecule has 3 rings (SSSR count). The first-order valence-electron chi connectivity index (χ1n) is 9.95. The van der Waals surface area contributed by atoms with Crippen molar-refractivity contribution in [3.05, 3.63) is 58.8 Å². The summed E-state index contributed by atoms with van der Waals surface area (Å²) < 4.78 is 20.7. The number of aromatic hydroxyl groups is 1. The van der Waals surface area contributed by atoms with Gasteiger partial charge < -0.3 is 29.2 Å². The SMILES string of the molecule is COC(=O)C1(Cc2cc(CC(C)=O)c(O)c(OC)c2)OC(=O)C(O)=C1c1ccc(OC)cc1. The second-order valence-corrected chi connectivity index (χ2v) is 7.52. The Bertz CT molecular complexity index is 1130. The Morgan fingerprint density at radius 1 is 1.03 bits per heavy atom. The molecule has 1 aliphatic rings. The van der Waals surface area contributed by atoms with Crippen LogP contribution < -0.4 is 9.47 Å². The number of phenolic OH excluding ortho intramolecular Hbond substituents is 1. The summed E-state index contributed by atoms with van der Waals surface area (Å²) in [5.41, 5.74) is -1.05. The van der Waals surface area contributed by atoms with Gasteiger partial charge in [0.05, 0.1) is 26.9 Å². The maximum absolute atomic E-state index is 13.0. The van der Waals surface area contributed by atoms with Crippen molar-refractivity contribution >= 4 is 23.3 Å². The predicted molar refractivity (Wildman–Crippen MR) is 116 cm³/mol. The van der Waals surface area contributed by atoms with Gasteiger partial charge in [-0.05, 0) is 36.2 Å². The van der Waals surface area contributed by atoms with Crippen LogP contribution in [-0.2, 0) is 36.7 Å². The number of benzene rings is 2. The van der Waals surface area contributed by atoms with E-state index in [1.165, 1.54) is 33.3 Å². The van der Waals surface area contributed by atoms with Crippen molar-refractivity contribution in [2.24, 2.45) is 0 Å². The third-order valence-corrected chi connectivity index (χ3v) is 5.32. The Hall–Kier alpha value is -4.01. The largest absolute Gasteiger partial charge is 0.504 e. The molecule has 0 saturated carbocycles. The molecule has 1 aliphatic heterocycles. The maximum atomic E-state index is 13.0. The molecule has 0 radical (unpaired) electrons. The third-order valence-electron chi connectivity index (χ3n) is 5.32. The minimum Gasteiger partial charge on any atom is -0.504 e. The first-order chi connectivity index (χ1) is 15.7. The number of hydrogen-bond donors (Lipinski definition) is 2. The fraction of sp³-hybridized carbons (Fsp3) is 0.292. The van der Waals surface area contributed by atoms with Gasteiger partial charge >= 0.3 is 11.9 Å². The van der Waals surface area contributed by atoms with E-state index in [2.05, 4.69) is 0 Å². The van der Waals surface area contributed by atoms with Gasteiger partial charge in [0, 0.05) is 18.4 Å². The lowest BCUT2D eigenvalue weighted by Gasteiger charge is -2.28. The van der Waals surface area contributed by atoms with Crippen LogP contribution in [-0.4, -0.2) is 54.9 Å². The number of hydrogen-bond acceptors (Lipinski definition) is 9. The molecule has 0 amide bonds. The number of Topliss-reactive ketones (excluding diaryl/α,β-unsaturated/α-hetero) is 1. The summed E-state index contributed by atoms with van der Waals surface area (Å²) >= 11 is 0. The molecular weight excluding hydrogens is 432 g/mol. The minimum absolute atomic E-state index is 0.0674. The topological polar surface area (TPSA) is 129 Å². The van der Waals surface area contributed by atoms with Crippen LogP contribution in [0.15, 0.2) is 42.2 Å². The van der Waals surface area contributed by atoms with Gasteiger partial charge in [0.25, 0.3) is 0 Å². The first-order valence-corrected chi connectivity index (χ1v) is 9.95. The van der Waals surface area contributed by atoms with Crippen LogP contribution in [0.5, 0.6) is 17.2 Å². The number of cyclic esters (lactones) is 1. The number of ether oxygens (including phenoxy) is 4. The summed E-state index contributed by atoms with van der Waals surface area (Å²) in [6.45, 7) is 1.37. The number of carbonyl (C=O) groups is 3. The number of methoxy groups -OCH3 is 3. The maximum Gasteiger partial charge on any atom is 0.375 e. The van der Waals surface area contributed by atoms with E-state index in [1.807, 2.05) is 0 Å². The van der Waals surface area contributed by atoms with E-state index in [-0.39, 0.29) is 41.3 Å². The van der Waals surface area contributed by atoms with Crippen LogP contribution in [0.2, 0.25) is 0 Å². The molecule has 0 spiro atoms. The van der Waals surface area contributed by atoms with Crippen molar-refractivity contribution in [2.45, 2.75) is 25.4 Å². The molecule has 0 bridgehead atoms. The van der Waals surface area contributed by atoms with Crippen molar-refractivity contribution in [3.8, 4) is 17.2 Å². The van der Waals surface area contributed by atoms with E-state index >= 15 is 0 Å². The van der Waals surface area contributed by atoms with Gasteiger partial charge in [-0.25, -0.2) is 9.59 Å². The Kier molecular flexibility index (Phi) is 6.62. The Morgan fingerprint density at radius 2 is 1.70 bits per heavy atom. The lowest BCUT2D eigenvalue weighted by molar-refractivity contribution is -0.169. The van der Waals surface area contributed by atoms with Gasteiger partial charge in [-0.2, -0.15) is 0 Å². The van der Waals surface area contributed by atoms with E-state index in [0.29, 0.717) is 16.9 Å². The molecule has 1 unspecified atom stereocenters. The molecule has 1 heterocycles. The average Bonchev–Trinajstić information content (AvgIpc) is 3.05. The highest BCUT2D eigenvalue weighted by molar-refractivity contribution is 6.11. The van der Waals surface area contributed by atoms with Crippen LogP contribution in [0.3, 0.4) is 0 Å². The molecule has 0 aromatic heterocycles. The fourth-order valence-electron chi connectivity index (χ4n) is 3.86. The Balaban J connectivity index is 2.18. The molecule has 2 aromatic rings. The number of phenols is 1. The lowest BCUT2D eigenvalue weighted by atomic mass is 9.82. The van der Waals surface area contributed by atoms with E-state index in [1.54, 1.807) is 24.3 Å². The number of esters is 2. The van der Waals surface area contributed by atoms with Gasteiger partial charge in [0.15, 0.2) is 11.5 Å². The molecule has 174 valence electrons. The summed E-state index contributed by atoms with van der Waals surface area (Å²) in [6, 6.07) is 9.33. The van der Waals surface area contributed by atoms with E-state index < -0.39 is 23.3 Å². The fourth-order valence-corrected chi connectivity index (χ4v) is 3.86. The lowest BCUT2D eigenvalue weighted by Crippen LogP contribution is -2.44. The van der Waals surface area contributed by atoms with Gasteiger partial charge in [0.2, 0.25) is 11.4 Å². The molecule has 0 aliphatic carbocycles. The van der Waals surface area contributed by atoms with E-state index in [9.17, 15) is 24.6 Å². The van der Waals surface area contributed by atoms with E-state index in [4.69, 9.17) is 18.9 Å². The smallest absolute Gasteiger partial charge is 0.375 e. The number of aliphatic hydroxyl groups is 1. The normalized spacial score (nSPS) is 17.5. The first kappa shape index (κ1) is 23.6. The molecule has 33 heavy (non-hydrogen) atoms. The van der Waals surface area contributed by atoms with Crippen molar-refractivity contribution < 1.29 is 43.5 Å². The number of aliphatic hydroxyl groups excluding tert-OH is 1. The van der Waals surface area contributed by atoms with Gasteiger partial charge in [-0.1, -0.05) is 18.2 Å². The second-order valence-electron chi connectivity index (χ2n) is 7.52. The van der Waals surface area contributed by atoms with Crippen LogP contribution in [0.4, 0.5) is 0 Å². The van der Waals surface area contributed by atoms with Crippen LogP contribution in [0, 0.1) is 0 Å². The zero-order chi connectivity index (χ0) is 24.3. The molecule has 9 nitrogen and oxygen atoms in total. The predicted octanol–water partition coefficient (Wildman–Crippen LogP) is 2.52. The monoisotopic (exact) mass is 456 g/mol. The summed E-state index contributed by atoms with van der Waals surface area (Å²) in [5.74, 6) is -2.51. The van der Waals surface area contributed by atoms with Gasteiger partial charge in [-0.3, -0.25) is 4.79 Å². The zero-order valence-corrected chi connectivity index (χ0v) is 18.6. The van der Waals surface area contributed by atoms with Crippen molar-refractivity contribution in [2.75, 3.05) is 21.3 Å². The van der Waals surface area contributed by atoms with Gasteiger partial charge in [-0.15, -0.1) is 0 Å². The molecule has 2 aromatic carbocycles. The summed E-state index contributed by atoms with van der Waals surface area (Å²) in [4.78, 5) is 37.1. The van der Waals surface area contributed by atoms with Crippen molar-refractivity contribution in [1.82, 2.24) is 0 Å². The molecule has 0 saturated heterocycles. The van der Waals surface area contributed by atoms with Gasteiger partial charge in [0.1, 0.15) is 11.5 Å². The standard InChI is InChI=1S/C24H24O9/c1-13(25)9-16-10-14(11-18(31-3)20(16)26)12-24(23(29)32-4)19(21(27)22(28)33-24)15-5-7-17(30-2)8-6-15/h5-8,10-11,26-27H,9,12H2,1-4H3. The molecule has 1 atom stereocenters. The van der Waals surface area contributed by atoms with Crippen molar-refractivity contribution in [3.63, 3.8) is 0 Å². The highest BCUT2D eigenvalue weighted by Gasteiger charge is 2.55. The molecule has 9 heteroatoms. The number of ketones is 1. The van der Waals surface area contributed by atoms with Crippen LogP contribution in [0.1, 0.15) is 23.6 Å². The van der Waals surface area contributed by atoms with Crippen LogP contribution in [0.25, 0.3) is 5.57 Å². The average molecular weight is 456 g/mol. The highest BCUT2D eigenvalue weighted by Crippen LogP contribution is 2.44. The molecule has 2 N–H and O–H groups in total. The summed E-state index contributed by atoms with van der Waals surface area (Å²) in [5, 5.41) is 21.0. The summed E-state index contributed by atoms with van der Waals surface area (Å²) in [6.07, 6.45) is -0.328. The highest BCUT2D eigenvalue weighted by atomic mass is 16.6.